The molecule has 0 aliphatic heterocycles. The lowest BCUT2D eigenvalue weighted by Gasteiger charge is -2.13. The van der Waals surface area contributed by atoms with Crippen LogP contribution < -0.4 is 10.5 Å². The number of benzene rings is 4. The number of ether oxygens (including phenoxy) is 1. The summed E-state index contributed by atoms with van der Waals surface area (Å²) in [6.45, 7) is 0.407. The van der Waals surface area contributed by atoms with E-state index in [2.05, 4.69) is 0 Å². The minimum absolute atomic E-state index is 0.232. The first kappa shape index (κ1) is 23.1. The van der Waals surface area contributed by atoms with Gasteiger partial charge in [0.2, 0.25) is 0 Å². The lowest BCUT2D eigenvalue weighted by molar-refractivity contribution is -0.136. The van der Waals surface area contributed by atoms with E-state index in [-0.39, 0.29) is 12.2 Å². The summed E-state index contributed by atoms with van der Waals surface area (Å²) in [5.41, 5.74) is 11.3. The molecule has 1 heterocycles. The predicted molar refractivity (Wildman–Crippen MR) is 139 cm³/mol. The summed E-state index contributed by atoms with van der Waals surface area (Å²) in [6, 6.07) is 30.1. The van der Waals surface area contributed by atoms with E-state index in [9.17, 15) is 14.7 Å². The van der Waals surface area contributed by atoms with Crippen LogP contribution in [0.25, 0.3) is 27.7 Å². The topological polar surface area (TPSA) is 94.6 Å². The van der Waals surface area contributed by atoms with E-state index in [1.807, 2.05) is 77.5 Å². The van der Waals surface area contributed by atoms with E-state index in [1.54, 1.807) is 30.3 Å². The van der Waals surface area contributed by atoms with Crippen molar-refractivity contribution in [1.82, 2.24) is 4.57 Å². The Morgan fingerprint density at radius 2 is 1.64 bits per heavy atom. The molecule has 6 nitrogen and oxygen atoms in total. The number of para-hydroxylation sites is 2. The highest BCUT2D eigenvalue weighted by Crippen LogP contribution is 2.33. The lowest BCUT2D eigenvalue weighted by atomic mass is 9.97. The van der Waals surface area contributed by atoms with E-state index in [4.69, 9.17) is 10.5 Å². The monoisotopic (exact) mass is 476 g/mol. The van der Waals surface area contributed by atoms with E-state index in [0.29, 0.717) is 17.7 Å². The third-order valence-electron chi connectivity index (χ3n) is 6.07. The Kier molecular flexibility index (Phi) is 6.34. The number of carbonyl (C=O) groups excluding carboxylic acids is 1. The van der Waals surface area contributed by atoms with Crippen LogP contribution >= 0.6 is 0 Å². The van der Waals surface area contributed by atoms with Crippen LogP contribution in [0.2, 0.25) is 0 Å². The number of rotatable bonds is 7. The second-order valence-electron chi connectivity index (χ2n) is 8.45. The SMILES string of the molecule is NCc1cccc(-c2cc(C(=O)Oc3ccccc3CC(=O)O)cc3c2ccn3-c2ccccc2)c1. The number of fused-ring (bicyclic) bond motifs is 1. The van der Waals surface area contributed by atoms with Crippen molar-refractivity contribution in [3.05, 3.63) is 120 Å². The van der Waals surface area contributed by atoms with Crippen molar-refractivity contribution in [1.29, 1.82) is 0 Å². The average Bonchev–Trinajstić information content (AvgIpc) is 3.33. The van der Waals surface area contributed by atoms with Crippen LogP contribution in [0, 0.1) is 0 Å². The lowest BCUT2D eigenvalue weighted by Crippen LogP contribution is -2.11. The Bertz CT molecular complexity index is 1570. The number of carboxylic acid groups (broad SMARTS) is 1. The summed E-state index contributed by atoms with van der Waals surface area (Å²) in [4.78, 5) is 24.6. The molecule has 0 amide bonds. The van der Waals surface area contributed by atoms with E-state index < -0.39 is 11.9 Å². The molecule has 0 fully saturated rings. The Hall–Kier alpha value is -4.68. The minimum atomic E-state index is -0.998. The molecule has 0 spiro atoms. The van der Waals surface area contributed by atoms with Crippen LogP contribution in [0.3, 0.4) is 0 Å². The van der Waals surface area contributed by atoms with Gasteiger partial charge in [0.25, 0.3) is 0 Å². The third-order valence-corrected chi connectivity index (χ3v) is 6.07. The molecule has 0 bridgehead atoms. The van der Waals surface area contributed by atoms with Crippen molar-refractivity contribution >= 4 is 22.8 Å². The standard InChI is InChI=1S/C30H24N2O4/c31-19-20-7-6-9-21(15-20)26-16-23(30(35)36-28-12-5-4-8-22(28)18-29(33)34)17-27-25(26)13-14-32(27)24-10-2-1-3-11-24/h1-17H,18-19,31H2,(H,33,34). The van der Waals surface area contributed by atoms with Crippen LogP contribution in [-0.2, 0) is 17.8 Å². The molecular formula is C30H24N2O4. The fourth-order valence-electron chi connectivity index (χ4n) is 4.35. The Balaban J connectivity index is 1.64. The van der Waals surface area contributed by atoms with Crippen molar-refractivity contribution < 1.29 is 19.4 Å². The van der Waals surface area contributed by atoms with Gasteiger partial charge in [-0.15, -0.1) is 0 Å². The van der Waals surface area contributed by atoms with Gasteiger partial charge in [0.1, 0.15) is 5.75 Å². The molecule has 5 rings (SSSR count). The summed E-state index contributed by atoms with van der Waals surface area (Å²) >= 11 is 0. The summed E-state index contributed by atoms with van der Waals surface area (Å²) in [6.07, 6.45) is 1.74. The van der Waals surface area contributed by atoms with Crippen molar-refractivity contribution in [2.45, 2.75) is 13.0 Å². The van der Waals surface area contributed by atoms with Crippen LogP contribution in [0.4, 0.5) is 0 Å². The second kappa shape index (κ2) is 9.90. The van der Waals surface area contributed by atoms with Gasteiger partial charge in [-0.3, -0.25) is 4.79 Å². The molecule has 0 radical (unpaired) electrons. The first-order valence-corrected chi connectivity index (χ1v) is 11.6. The molecule has 0 saturated heterocycles. The fraction of sp³-hybridized carbons (Fsp3) is 0.0667. The van der Waals surface area contributed by atoms with Gasteiger partial charge in [-0.25, -0.2) is 4.79 Å². The number of nitrogens with zero attached hydrogens (tertiary/aromatic N) is 1. The molecule has 36 heavy (non-hydrogen) atoms. The number of esters is 1. The normalized spacial score (nSPS) is 10.9. The number of aromatic nitrogens is 1. The highest BCUT2D eigenvalue weighted by Gasteiger charge is 2.18. The van der Waals surface area contributed by atoms with Crippen LogP contribution in [-0.4, -0.2) is 21.6 Å². The molecule has 3 N–H and O–H groups in total. The van der Waals surface area contributed by atoms with Crippen molar-refractivity contribution in [2.24, 2.45) is 5.73 Å². The molecular weight excluding hydrogens is 452 g/mol. The molecule has 5 aromatic rings. The zero-order valence-corrected chi connectivity index (χ0v) is 19.4. The molecule has 6 heteroatoms. The molecule has 0 atom stereocenters. The largest absolute Gasteiger partial charge is 0.481 e. The van der Waals surface area contributed by atoms with E-state index in [1.165, 1.54) is 0 Å². The number of aliphatic carboxylic acids is 1. The van der Waals surface area contributed by atoms with Crippen molar-refractivity contribution in [2.75, 3.05) is 0 Å². The van der Waals surface area contributed by atoms with Crippen LogP contribution in [0.15, 0.2) is 103 Å². The maximum absolute atomic E-state index is 13.4. The number of nitrogens with two attached hydrogens (primary N) is 1. The van der Waals surface area contributed by atoms with Crippen LogP contribution in [0.5, 0.6) is 5.75 Å². The van der Waals surface area contributed by atoms with Gasteiger partial charge < -0.3 is 20.1 Å². The smallest absolute Gasteiger partial charge is 0.343 e. The first-order chi connectivity index (χ1) is 17.5. The maximum atomic E-state index is 13.4. The van der Waals surface area contributed by atoms with Crippen LogP contribution in [0.1, 0.15) is 21.5 Å². The summed E-state index contributed by atoms with van der Waals surface area (Å²) < 4.78 is 7.74. The summed E-state index contributed by atoms with van der Waals surface area (Å²) in [5, 5.41) is 10.2. The average molecular weight is 477 g/mol. The van der Waals surface area contributed by atoms with Gasteiger partial charge in [-0.2, -0.15) is 0 Å². The minimum Gasteiger partial charge on any atom is -0.481 e. The van der Waals surface area contributed by atoms with Crippen molar-refractivity contribution in [3.8, 4) is 22.6 Å². The number of hydrogen-bond acceptors (Lipinski definition) is 4. The first-order valence-electron chi connectivity index (χ1n) is 11.6. The number of hydrogen-bond donors (Lipinski definition) is 2. The third kappa shape index (κ3) is 4.62. The van der Waals surface area contributed by atoms with Gasteiger partial charge in [-0.1, -0.05) is 54.6 Å². The molecule has 1 aromatic heterocycles. The van der Waals surface area contributed by atoms with Gasteiger partial charge in [-0.05, 0) is 59.2 Å². The van der Waals surface area contributed by atoms with Gasteiger partial charge >= 0.3 is 11.9 Å². The van der Waals surface area contributed by atoms with Crippen molar-refractivity contribution in [3.63, 3.8) is 0 Å². The van der Waals surface area contributed by atoms with Gasteiger partial charge in [0, 0.05) is 29.4 Å². The predicted octanol–water partition coefficient (Wildman–Crippen LogP) is 5.60. The molecule has 4 aromatic carbocycles. The molecule has 178 valence electrons. The highest BCUT2D eigenvalue weighted by atomic mass is 16.5. The molecule has 0 aliphatic rings. The van der Waals surface area contributed by atoms with E-state index in [0.717, 1.165) is 33.3 Å². The molecule has 0 unspecified atom stereocenters. The Labute approximate surface area is 208 Å². The maximum Gasteiger partial charge on any atom is 0.343 e. The zero-order valence-electron chi connectivity index (χ0n) is 19.4. The summed E-state index contributed by atoms with van der Waals surface area (Å²) in [5.74, 6) is -1.33. The zero-order chi connectivity index (χ0) is 25.1. The molecule has 0 aliphatic carbocycles. The van der Waals surface area contributed by atoms with Gasteiger partial charge in [0.05, 0.1) is 17.5 Å². The highest BCUT2D eigenvalue weighted by molar-refractivity contribution is 6.03. The number of carboxylic acids is 1. The fourth-order valence-corrected chi connectivity index (χ4v) is 4.35. The van der Waals surface area contributed by atoms with Gasteiger partial charge in [0.15, 0.2) is 0 Å². The Morgan fingerprint density at radius 3 is 2.42 bits per heavy atom. The quantitative estimate of drug-likeness (QED) is 0.235. The molecule has 0 saturated carbocycles. The van der Waals surface area contributed by atoms with E-state index >= 15 is 0 Å². The summed E-state index contributed by atoms with van der Waals surface area (Å²) in [7, 11) is 0. The Morgan fingerprint density at radius 1 is 0.861 bits per heavy atom. The second-order valence-corrected chi connectivity index (χ2v) is 8.45. The number of carbonyl (C=O) groups is 2.